The molecule has 2 aromatic heterocycles. The molecular formula is C20H27N5O. The summed E-state index contributed by atoms with van der Waals surface area (Å²) in [5.41, 5.74) is 3.50. The van der Waals surface area contributed by atoms with Gasteiger partial charge >= 0.3 is 0 Å². The number of benzene rings is 1. The molecule has 1 N–H and O–H groups in total. The Labute approximate surface area is 154 Å². The van der Waals surface area contributed by atoms with Crippen molar-refractivity contribution in [1.82, 2.24) is 20.0 Å². The maximum Gasteiger partial charge on any atom is 0.263 e. The molecule has 26 heavy (non-hydrogen) atoms. The van der Waals surface area contributed by atoms with E-state index < -0.39 is 0 Å². The maximum absolute atomic E-state index is 5.45. The lowest BCUT2D eigenvalue weighted by Gasteiger charge is -2.21. The molecule has 0 saturated carbocycles. The molecule has 1 aromatic carbocycles. The van der Waals surface area contributed by atoms with Gasteiger partial charge in [0.15, 0.2) is 0 Å². The van der Waals surface area contributed by atoms with Gasteiger partial charge in [-0.1, -0.05) is 43.3 Å². The topological polar surface area (TPSA) is 67.1 Å². The van der Waals surface area contributed by atoms with E-state index in [-0.39, 0.29) is 0 Å². The van der Waals surface area contributed by atoms with E-state index in [0.29, 0.717) is 5.71 Å². The fraction of sp³-hybridized carbons (Fsp3) is 0.450. The minimum Gasteiger partial charge on any atom is -0.368 e. The number of fused-ring (bicyclic) bond motifs is 1. The molecule has 3 rings (SSSR count). The van der Waals surface area contributed by atoms with Crippen LogP contribution in [0.4, 0.5) is 5.82 Å². The Balaban J connectivity index is 1.83. The molecule has 3 aromatic rings. The van der Waals surface area contributed by atoms with Gasteiger partial charge in [0.25, 0.3) is 5.71 Å². The number of aromatic nitrogens is 3. The van der Waals surface area contributed by atoms with Crippen molar-refractivity contribution in [2.45, 2.75) is 33.6 Å². The SMILES string of the molecule is CCCN(CCC)CCNc1ncnc2onc(-c3ccccc3C)c12. The van der Waals surface area contributed by atoms with Crippen molar-refractivity contribution < 1.29 is 4.52 Å². The summed E-state index contributed by atoms with van der Waals surface area (Å²) in [6.07, 6.45) is 3.86. The van der Waals surface area contributed by atoms with Gasteiger partial charge < -0.3 is 14.7 Å². The lowest BCUT2D eigenvalue weighted by atomic mass is 10.0. The van der Waals surface area contributed by atoms with Crippen molar-refractivity contribution in [3.05, 3.63) is 36.2 Å². The summed E-state index contributed by atoms with van der Waals surface area (Å²) < 4.78 is 5.45. The Morgan fingerprint density at radius 3 is 2.54 bits per heavy atom. The van der Waals surface area contributed by atoms with E-state index in [0.717, 1.165) is 54.2 Å². The van der Waals surface area contributed by atoms with Gasteiger partial charge in [-0.05, 0) is 38.4 Å². The summed E-state index contributed by atoms with van der Waals surface area (Å²) in [6.45, 7) is 10.6. The van der Waals surface area contributed by atoms with Crippen LogP contribution < -0.4 is 5.32 Å². The third-order valence-electron chi connectivity index (χ3n) is 4.47. The van der Waals surface area contributed by atoms with Crippen LogP contribution in [0.5, 0.6) is 0 Å². The van der Waals surface area contributed by atoms with Crippen molar-refractivity contribution in [1.29, 1.82) is 0 Å². The van der Waals surface area contributed by atoms with Crippen LogP contribution in [0.1, 0.15) is 32.3 Å². The molecule has 0 aliphatic carbocycles. The van der Waals surface area contributed by atoms with Gasteiger partial charge in [-0.15, -0.1) is 0 Å². The normalized spacial score (nSPS) is 11.4. The van der Waals surface area contributed by atoms with E-state index >= 15 is 0 Å². The first kappa shape index (κ1) is 18.3. The molecule has 6 heteroatoms. The van der Waals surface area contributed by atoms with E-state index in [1.54, 1.807) is 0 Å². The second-order valence-corrected chi connectivity index (χ2v) is 6.52. The summed E-state index contributed by atoms with van der Waals surface area (Å²) in [4.78, 5) is 11.1. The standard InChI is InChI=1S/C20H27N5O/c1-4-11-25(12-5-2)13-10-21-19-17-18(16-9-7-6-8-15(16)3)24-26-20(17)23-14-22-19/h6-9,14H,4-5,10-13H2,1-3H3,(H,21,22,23). The minimum absolute atomic E-state index is 0.514. The van der Waals surface area contributed by atoms with Crippen LogP contribution in [0.3, 0.4) is 0 Å². The first-order valence-electron chi connectivity index (χ1n) is 9.37. The second-order valence-electron chi connectivity index (χ2n) is 6.52. The number of nitrogens with zero attached hydrogens (tertiary/aromatic N) is 4. The molecule has 0 fully saturated rings. The molecule has 0 amide bonds. The van der Waals surface area contributed by atoms with Crippen LogP contribution in [0.25, 0.3) is 22.4 Å². The maximum atomic E-state index is 5.45. The van der Waals surface area contributed by atoms with E-state index in [1.807, 2.05) is 18.2 Å². The van der Waals surface area contributed by atoms with Crippen LogP contribution >= 0.6 is 0 Å². The smallest absolute Gasteiger partial charge is 0.263 e. The molecule has 0 saturated heterocycles. The van der Waals surface area contributed by atoms with E-state index in [2.05, 4.69) is 52.2 Å². The lowest BCUT2D eigenvalue weighted by Crippen LogP contribution is -2.30. The number of rotatable bonds is 9. The Kier molecular flexibility index (Phi) is 6.17. The van der Waals surface area contributed by atoms with Gasteiger partial charge in [0.05, 0.1) is 0 Å². The molecule has 0 bridgehead atoms. The Morgan fingerprint density at radius 1 is 1.04 bits per heavy atom. The summed E-state index contributed by atoms with van der Waals surface area (Å²) in [5, 5.41) is 8.57. The molecule has 138 valence electrons. The lowest BCUT2D eigenvalue weighted by molar-refractivity contribution is 0.285. The molecule has 6 nitrogen and oxygen atoms in total. The van der Waals surface area contributed by atoms with E-state index in [9.17, 15) is 0 Å². The van der Waals surface area contributed by atoms with Crippen molar-refractivity contribution in [2.24, 2.45) is 0 Å². The van der Waals surface area contributed by atoms with Crippen LogP contribution in [0, 0.1) is 6.92 Å². The quantitative estimate of drug-likeness (QED) is 0.624. The van der Waals surface area contributed by atoms with Crippen molar-refractivity contribution in [3.63, 3.8) is 0 Å². The largest absolute Gasteiger partial charge is 0.368 e. The zero-order valence-electron chi connectivity index (χ0n) is 15.8. The number of hydrogen-bond acceptors (Lipinski definition) is 6. The van der Waals surface area contributed by atoms with Gasteiger partial charge in [-0.3, -0.25) is 0 Å². The third kappa shape index (κ3) is 4.02. The molecule has 0 aliphatic rings. The minimum atomic E-state index is 0.514. The van der Waals surface area contributed by atoms with Crippen molar-refractivity contribution in [3.8, 4) is 11.3 Å². The van der Waals surface area contributed by atoms with Crippen LogP contribution in [0.15, 0.2) is 35.1 Å². The highest BCUT2D eigenvalue weighted by Crippen LogP contribution is 2.32. The highest BCUT2D eigenvalue weighted by Gasteiger charge is 2.17. The first-order chi connectivity index (χ1) is 12.7. The molecule has 0 aliphatic heterocycles. The van der Waals surface area contributed by atoms with Gasteiger partial charge in [0, 0.05) is 18.7 Å². The average Bonchev–Trinajstić information content (AvgIpc) is 3.07. The fourth-order valence-corrected chi connectivity index (χ4v) is 3.24. The first-order valence-corrected chi connectivity index (χ1v) is 9.37. The highest BCUT2D eigenvalue weighted by atomic mass is 16.5. The van der Waals surface area contributed by atoms with Crippen LogP contribution in [-0.4, -0.2) is 46.2 Å². The van der Waals surface area contributed by atoms with Gasteiger partial charge in [-0.2, -0.15) is 4.98 Å². The number of anilines is 1. The fourth-order valence-electron chi connectivity index (χ4n) is 3.24. The van der Waals surface area contributed by atoms with Crippen LogP contribution in [-0.2, 0) is 0 Å². The molecule has 0 radical (unpaired) electrons. The Bertz CT molecular complexity index is 839. The second kappa shape index (κ2) is 8.76. The summed E-state index contributed by atoms with van der Waals surface area (Å²) in [6, 6.07) is 8.15. The third-order valence-corrected chi connectivity index (χ3v) is 4.47. The van der Waals surface area contributed by atoms with Gasteiger partial charge in [0.1, 0.15) is 23.2 Å². The number of hydrogen-bond donors (Lipinski definition) is 1. The molecule has 0 atom stereocenters. The molecule has 0 unspecified atom stereocenters. The van der Waals surface area contributed by atoms with E-state index in [1.165, 1.54) is 19.2 Å². The zero-order valence-corrected chi connectivity index (χ0v) is 15.8. The van der Waals surface area contributed by atoms with Crippen molar-refractivity contribution >= 4 is 16.9 Å². The zero-order chi connectivity index (χ0) is 18.4. The van der Waals surface area contributed by atoms with Crippen molar-refractivity contribution in [2.75, 3.05) is 31.5 Å². The molecule has 0 spiro atoms. The predicted molar refractivity (Wildman–Crippen MR) is 105 cm³/mol. The summed E-state index contributed by atoms with van der Waals surface area (Å²) >= 11 is 0. The molecule has 2 heterocycles. The summed E-state index contributed by atoms with van der Waals surface area (Å²) in [5.74, 6) is 0.780. The van der Waals surface area contributed by atoms with E-state index in [4.69, 9.17) is 4.52 Å². The number of nitrogens with one attached hydrogen (secondary N) is 1. The average molecular weight is 353 g/mol. The Hall–Kier alpha value is -2.47. The molecular weight excluding hydrogens is 326 g/mol. The summed E-state index contributed by atoms with van der Waals surface area (Å²) in [7, 11) is 0. The highest BCUT2D eigenvalue weighted by molar-refractivity contribution is 5.98. The predicted octanol–water partition coefficient (Wildman–Crippen LogP) is 4.13. The van der Waals surface area contributed by atoms with Gasteiger partial charge in [0.2, 0.25) is 0 Å². The Morgan fingerprint density at radius 2 is 1.81 bits per heavy atom. The van der Waals surface area contributed by atoms with Crippen LogP contribution in [0.2, 0.25) is 0 Å². The number of aryl methyl sites for hydroxylation is 1. The van der Waals surface area contributed by atoms with Gasteiger partial charge in [-0.25, -0.2) is 4.98 Å². The monoisotopic (exact) mass is 353 g/mol.